The van der Waals surface area contributed by atoms with Crippen molar-refractivity contribution in [1.82, 2.24) is 4.98 Å². The first-order valence-corrected chi connectivity index (χ1v) is 3.78. The maximum atomic E-state index is 11.1. The van der Waals surface area contributed by atoms with Gasteiger partial charge in [0, 0.05) is 12.3 Å². The Hall–Kier alpha value is -1.62. The van der Waals surface area contributed by atoms with Crippen LogP contribution in [0.2, 0.25) is 0 Å². The number of nitrogens with zero attached hydrogens (tertiary/aromatic N) is 1. The number of pyridine rings is 1. The van der Waals surface area contributed by atoms with Crippen LogP contribution in [0.5, 0.6) is 5.88 Å². The summed E-state index contributed by atoms with van der Waals surface area (Å²) in [6, 6.07) is 3.03. The summed E-state index contributed by atoms with van der Waals surface area (Å²) < 4.78 is 4.75. The SMILES string of the molecule is CCOC(=O)c1ccc(ON)nc1. The van der Waals surface area contributed by atoms with E-state index in [4.69, 9.17) is 10.6 Å². The maximum absolute atomic E-state index is 11.1. The van der Waals surface area contributed by atoms with E-state index in [1.54, 1.807) is 6.92 Å². The fourth-order valence-corrected chi connectivity index (χ4v) is 0.785. The van der Waals surface area contributed by atoms with Crippen molar-refractivity contribution in [3.63, 3.8) is 0 Å². The minimum atomic E-state index is -0.404. The van der Waals surface area contributed by atoms with Gasteiger partial charge in [0.25, 0.3) is 0 Å². The Kier molecular flexibility index (Phi) is 3.22. The van der Waals surface area contributed by atoms with Gasteiger partial charge < -0.3 is 9.57 Å². The molecule has 70 valence electrons. The smallest absolute Gasteiger partial charge is 0.339 e. The Balaban J connectivity index is 2.74. The van der Waals surface area contributed by atoms with Crippen molar-refractivity contribution in [2.75, 3.05) is 6.61 Å². The van der Waals surface area contributed by atoms with E-state index >= 15 is 0 Å². The van der Waals surface area contributed by atoms with Gasteiger partial charge in [0.1, 0.15) is 0 Å². The Morgan fingerprint density at radius 2 is 2.38 bits per heavy atom. The molecule has 1 heterocycles. The summed E-state index contributed by atoms with van der Waals surface area (Å²) in [5.74, 6) is 4.71. The summed E-state index contributed by atoms with van der Waals surface area (Å²) >= 11 is 0. The largest absolute Gasteiger partial charge is 0.462 e. The van der Waals surface area contributed by atoms with E-state index < -0.39 is 5.97 Å². The van der Waals surface area contributed by atoms with Crippen LogP contribution in [-0.2, 0) is 4.74 Å². The molecule has 0 aliphatic carbocycles. The lowest BCUT2D eigenvalue weighted by Gasteiger charge is -2.01. The molecule has 2 N–H and O–H groups in total. The molecule has 0 aliphatic heterocycles. The average Bonchev–Trinajstić information content (AvgIpc) is 2.18. The minimum absolute atomic E-state index is 0.257. The van der Waals surface area contributed by atoms with Gasteiger partial charge in [-0.15, -0.1) is 0 Å². The summed E-state index contributed by atoms with van der Waals surface area (Å²) in [5, 5.41) is 0. The second kappa shape index (κ2) is 4.42. The van der Waals surface area contributed by atoms with E-state index in [2.05, 4.69) is 9.82 Å². The first-order valence-electron chi connectivity index (χ1n) is 3.78. The number of rotatable bonds is 3. The van der Waals surface area contributed by atoms with Gasteiger partial charge in [0.05, 0.1) is 12.2 Å². The second-order valence-electron chi connectivity index (χ2n) is 2.22. The van der Waals surface area contributed by atoms with Gasteiger partial charge >= 0.3 is 5.97 Å². The predicted octanol–water partition coefficient (Wildman–Crippen LogP) is 0.511. The Labute approximate surface area is 75.4 Å². The molecule has 0 spiro atoms. The summed E-state index contributed by atoms with van der Waals surface area (Å²) in [5.41, 5.74) is 0.377. The highest BCUT2D eigenvalue weighted by atomic mass is 16.6. The molecule has 0 saturated heterocycles. The van der Waals surface area contributed by atoms with Gasteiger partial charge in [-0.1, -0.05) is 0 Å². The number of carbonyl (C=O) groups excluding carboxylic acids is 1. The Bertz CT molecular complexity index is 284. The summed E-state index contributed by atoms with van der Waals surface area (Å²) in [6.07, 6.45) is 1.35. The lowest BCUT2D eigenvalue weighted by Crippen LogP contribution is -2.07. The molecule has 0 aliphatic rings. The molecule has 5 nitrogen and oxygen atoms in total. The normalized spacial score (nSPS) is 9.38. The molecule has 0 fully saturated rings. The highest BCUT2D eigenvalue weighted by Crippen LogP contribution is 2.06. The van der Waals surface area contributed by atoms with Gasteiger partial charge in [0.2, 0.25) is 5.88 Å². The van der Waals surface area contributed by atoms with Crippen LogP contribution < -0.4 is 10.7 Å². The van der Waals surface area contributed by atoms with Crippen molar-refractivity contribution in [3.8, 4) is 5.88 Å². The first-order chi connectivity index (χ1) is 6.27. The fourth-order valence-electron chi connectivity index (χ4n) is 0.785. The standard InChI is InChI=1S/C8H10N2O3/c1-2-12-8(11)6-3-4-7(13-9)10-5-6/h3-5H,2,9H2,1H3. The molecule has 1 aromatic rings. The first kappa shape index (κ1) is 9.47. The van der Waals surface area contributed by atoms with Gasteiger partial charge in [-0.05, 0) is 13.0 Å². The van der Waals surface area contributed by atoms with Crippen molar-refractivity contribution in [2.24, 2.45) is 5.90 Å². The number of aromatic nitrogens is 1. The molecule has 0 saturated carbocycles. The highest BCUT2D eigenvalue weighted by Gasteiger charge is 2.06. The van der Waals surface area contributed by atoms with E-state index in [1.165, 1.54) is 18.3 Å². The third-order valence-corrected chi connectivity index (χ3v) is 1.37. The van der Waals surface area contributed by atoms with Gasteiger partial charge in [-0.25, -0.2) is 9.78 Å². The number of ether oxygens (including phenoxy) is 1. The van der Waals surface area contributed by atoms with Gasteiger partial charge in [-0.2, -0.15) is 5.90 Å². The lowest BCUT2D eigenvalue weighted by atomic mass is 10.3. The van der Waals surface area contributed by atoms with E-state index in [9.17, 15) is 4.79 Å². The zero-order valence-corrected chi connectivity index (χ0v) is 7.19. The van der Waals surface area contributed by atoms with Crippen molar-refractivity contribution in [3.05, 3.63) is 23.9 Å². The van der Waals surface area contributed by atoms with Crippen LogP contribution in [0.4, 0.5) is 0 Å². The molecular weight excluding hydrogens is 172 g/mol. The van der Waals surface area contributed by atoms with Crippen molar-refractivity contribution in [2.45, 2.75) is 6.92 Å². The summed E-state index contributed by atoms with van der Waals surface area (Å²) in [7, 11) is 0. The van der Waals surface area contributed by atoms with Crippen LogP contribution in [0.25, 0.3) is 0 Å². The predicted molar refractivity (Wildman–Crippen MR) is 45.0 cm³/mol. The molecule has 5 heteroatoms. The van der Waals surface area contributed by atoms with Crippen molar-refractivity contribution < 1.29 is 14.4 Å². The van der Waals surface area contributed by atoms with E-state index in [-0.39, 0.29) is 5.88 Å². The third kappa shape index (κ3) is 2.41. The fraction of sp³-hybridized carbons (Fsp3) is 0.250. The minimum Gasteiger partial charge on any atom is -0.462 e. The molecule has 0 aromatic carbocycles. The number of nitrogens with two attached hydrogens (primary N) is 1. The third-order valence-electron chi connectivity index (χ3n) is 1.37. The Morgan fingerprint density at radius 1 is 1.62 bits per heavy atom. The average molecular weight is 182 g/mol. The van der Waals surface area contributed by atoms with Crippen molar-refractivity contribution >= 4 is 5.97 Å². The molecule has 0 amide bonds. The number of esters is 1. The molecular formula is C8H10N2O3. The highest BCUT2D eigenvalue weighted by molar-refractivity contribution is 5.88. The number of hydrogen-bond donors (Lipinski definition) is 1. The zero-order valence-electron chi connectivity index (χ0n) is 7.19. The van der Waals surface area contributed by atoms with Crippen LogP contribution in [0, 0.1) is 0 Å². The molecule has 13 heavy (non-hydrogen) atoms. The van der Waals surface area contributed by atoms with E-state index in [1.807, 2.05) is 0 Å². The molecule has 0 unspecified atom stereocenters. The van der Waals surface area contributed by atoms with Crippen LogP contribution >= 0.6 is 0 Å². The monoisotopic (exact) mass is 182 g/mol. The van der Waals surface area contributed by atoms with E-state index in [0.717, 1.165) is 0 Å². The van der Waals surface area contributed by atoms with Crippen LogP contribution in [-0.4, -0.2) is 17.6 Å². The van der Waals surface area contributed by atoms with Crippen LogP contribution in [0.3, 0.4) is 0 Å². The maximum Gasteiger partial charge on any atom is 0.339 e. The quantitative estimate of drug-likeness (QED) is 0.544. The zero-order chi connectivity index (χ0) is 9.68. The molecule has 0 radical (unpaired) electrons. The summed E-state index contributed by atoms with van der Waals surface area (Å²) in [4.78, 5) is 19.2. The molecule has 1 rings (SSSR count). The second-order valence-corrected chi connectivity index (χ2v) is 2.22. The van der Waals surface area contributed by atoms with E-state index in [0.29, 0.717) is 12.2 Å². The number of carbonyl (C=O) groups is 1. The van der Waals surface area contributed by atoms with Crippen LogP contribution in [0.15, 0.2) is 18.3 Å². The molecule has 0 atom stereocenters. The molecule has 0 bridgehead atoms. The van der Waals surface area contributed by atoms with Crippen LogP contribution in [0.1, 0.15) is 17.3 Å². The van der Waals surface area contributed by atoms with Crippen molar-refractivity contribution in [1.29, 1.82) is 0 Å². The topological polar surface area (TPSA) is 74.4 Å². The van der Waals surface area contributed by atoms with Gasteiger partial charge in [-0.3, -0.25) is 0 Å². The summed E-state index contributed by atoms with van der Waals surface area (Å²) in [6.45, 7) is 2.08. The lowest BCUT2D eigenvalue weighted by molar-refractivity contribution is 0.0526. The molecule has 1 aromatic heterocycles. The van der Waals surface area contributed by atoms with Gasteiger partial charge in [0.15, 0.2) is 0 Å². The number of hydrogen-bond acceptors (Lipinski definition) is 5. The Morgan fingerprint density at radius 3 is 2.85 bits per heavy atom.